The normalized spacial score (nSPS) is 15.4. The Kier molecular flexibility index (Phi) is 2.56. The Balaban J connectivity index is 2.05. The second-order valence-electron chi connectivity index (χ2n) is 4.11. The van der Waals surface area contributed by atoms with Crippen molar-refractivity contribution in [2.24, 2.45) is 0 Å². The van der Waals surface area contributed by atoms with Crippen molar-refractivity contribution in [3.63, 3.8) is 0 Å². The standard InChI is InChI=1S/C15H9FO3/c16-10-5-2-1-4-9(10)8-13-15(18)14-11(17)6-3-7-12(14)19-13/h1-8,17H/b13-8-. The minimum Gasteiger partial charge on any atom is -0.507 e. The molecule has 1 aliphatic heterocycles. The molecule has 0 aliphatic carbocycles. The molecule has 1 N–H and O–H groups in total. The number of hydrogen-bond donors (Lipinski definition) is 1. The summed E-state index contributed by atoms with van der Waals surface area (Å²) in [5.74, 6) is -0.739. The lowest BCUT2D eigenvalue weighted by Gasteiger charge is -1.99. The van der Waals surface area contributed by atoms with E-state index in [2.05, 4.69) is 0 Å². The Labute approximate surface area is 108 Å². The molecule has 0 spiro atoms. The summed E-state index contributed by atoms with van der Waals surface area (Å²) in [6.07, 6.45) is 1.33. The number of ketones is 1. The van der Waals surface area contributed by atoms with Crippen LogP contribution in [0.4, 0.5) is 4.39 Å². The van der Waals surface area contributed by atoms with Crippen molar-refractivity contribution in [1.82, 2.24) is 0 Å². The summed E-state index contributed by atoms with van der Waals surface area (Å²) in [6, 6.07) is 10.6. The zero-order valence-corrected chi connectivity index (χ0v) is 9.76. The Bertz CT molecular complexity index is 704. The van der Waals surface area contributed by atoms with Gasteiger partial charge in [-0.1, -0.05) is 24.3 Å². The maximum Gasteiger partial charge on any atom is 0.235 e. The van der Waals surface area contributed by atoms with Gasteiger partial charge < -0.3 is 9.84 Å². The van der Waals surface area contributed by atoms with Crippen LogP contribution in [0.25, 0.3) is 6.08 Å². The van der Waals surface area contributed by atoms with Gasteiger partial charge in [-0.15, -0.1) is 0 Å². The maximum absolute atomic E-state index is 13.5. The van der Waals surface area contributed by atoms with Crippen molar-refractivity contribution in [2.75, 3.05) is 0 Å². The molecule has 0 bridgehead atoms. The van der Waals surface area contributed by atoms with Crippen molar-refractivity contribution >= 4 is 11.9 Å². The van der Waals surface area contributed by atoms with Crippen LogP contribution in [-0.4, -0.2) is 10.9 Å². The number of ether oxygens (including phenoxy) is 1. The van der Waals surface area contributed by atoms with Crippen LogP contribution in [0.15, 0.2) is 48.2 Å². The van der Waals surface area contributed by atoms with Crippen molar-refractivity contribution in [2.45, 2.75) is 0 Å². The van der Waals surface area contributed by atoms with Crippen LogP contribution in [0.3, 0.4) is 0 Å². The second-order valence-corrected chi connectivity index (χ2v) is 4.11. The number of carbonyl (C=O) groups is 1. The average molecular weight is 256 g/mol. The summed E-state index contributed by atoms with van der Waals surface area (Å²) in [5, 5.41) is 9.64. The highest BCUT2D eigenvalue weighted by Crippen LogP contribution is 2.37. The Hall–Kier alpha value is -2.62. The van der Waals surface area contributed by atoms with Gasteiger partial charge in [0, 0.05) is 5.56 Å². The highest BCUT2D eigenvalue weighted by Gasteiger charge is 2.30. The smallest absolute Gasteiger partial charge is 0.235 e. The van der Waals surface area contributed by atoms with Crippen molar-refractivity contribution < 1.29 is 19.0 Å². The number of rotatable bonds is 1. The van der Waals surface area contributed by atoms with Gasteiger partial charge in [0.15, 0.2) is 5.76 Å². The monoisotopic (exact) mass is 256 g/mol. The number of hydrogen-bond acceptors (Lipinski definition) is 3. The molecule has 1 heterocycles. The predicted molar refractivity (Wildman–Crippen MR) is 67.4 cm³/mol. The van der Waals surface area contributed by atoms with Crippen molar-refractivity contribution in [3.8, 4) is 11.5 Å². The van der Waals surface area contributed by atoms with Crippen LogP contribution in [-0.2, 0) is 0 Å². The van der Waals surface area contributed by atoms with Crippen LogP contribution < -0.4 is 4.74 Å². The van der Waals surface area contributed by atoms with E-state index in [4.69, 9.17) is 4.74 Å². The number of carbonyl (C=O) groups excluding carboxylic acids is 1. The lowest BCUT2D eigenvalue weighted by molar-refractivity contribution is 0.101. The molecule has 0 radical (unpaired) electrons. The Morgan fingerprint density at radius 2 is 1.89 bits per heavy atom. The second kappa shape index (κ2) is 4.24. The molecule has 1 aliphatic rings. The number of phenolic OH excluding ortho intramolecular Hbond substituents is 1. The SMILES string of the molecule is O=C1/C(=C/c2ccccc2F)Oc2cccc(O)c21. The summed E-state index contributed by atoms with van der Waals surface area (Å²) in [4.78, 5) is 12.1. The van der Waals surface area contributed by atoms with E-state index in [1.165, 1.54) is 18.2 Å². The quantitative estimate of drug-likeness (QED) is 0.797. The fourth-order valence-electron chi connectivity index (χ4n) is 1.95. The van der Waals surface area contributed by atoms with Crippen LogP contribution in [0.1, 0.15) is 15.9 Å². The number of benzene rings is 2. The molecule has 0 amide bonds. The van der Waals surface area contributed by atoms with Gasteiger partial charge in [-0.25, -0.2) is 4.39 Å². The summed E-state index contributed by atoms with van der Waals surface area (Å²) < 4.78 is 18.9. The number of aromatic hydroxyl groups is 1. The van der Waals surface area contributed by atoms with Crippen LogP contribution in [0, 0.1) is 5.82 Å². The summed E-state index contributed by atoms with van der Waals surface area (Å²) in [6.45, 7) is 0. The molecule has 3 nitrogen and oxygen atoms in total. The van der Waals surface area contributed by atoms with Gasteiger partial charge in [-0.05, 0) is 24.3 Å². The van der Waals surface area contributed by atoms with Gasteiger partial charge >= 0.3 is 0 Å². The van der Waals surface area contributed by atoms with Crippen molar-refractivity contribution in [1.29, 1.82) is 0 Å². The molecule has 3 rings (SSSR count). The number of Topliss-reactive ketones (excluding diaryl/α,β-unsaturated/α-hetero) is 1. The lowest BCUT2D eigenvalue weighted by atomic mass is 10.1. The fraction of sp³-hybridized carbons (Fsp3) is 0. The van der Waals surface area contributed by atoms with E-state index in [0.717, 1.165) is 0 Å². The average Bonchev–Trinajstić information content (AvgIpc) is 2.71. The first-order valence-electron chi connectivity index (χ1n) is 5.67. The number of phenols is 1. The summed E-state index contributed by atoms with van der Waals surface area (Å²) >= 11 is 0. The Morgan fingerprint density at radius 1 is 1.11 bits per heavy atom. The van der Waals surface area contributed by atoms with E-state index < -0.39 is 11.6 Å². The number of halogens is 1. The maximum atomic E-state index is 13.5. The molecule has 2 aromatic carbocycles. The molecule has 0 saturated heterocycles. The molecule has 0 aromatic heterocycles. The topological polar surface area (TPSA) is 46.5 Å². The predicted octanol–water partition coefficient (Wildman–Crippen LogP) is 3.15. The molecule has 4 heteroatoms. The third-order valence-corrected chi connectivity index (χ3v) is 2.87. The van der Waals surface area contributed by atoms with Crippen molar-refractivity contribution in [3.05, 3.63) is 65.2 Å². The first-order chi connectivity index (χ1) is 9.16. The van der Waals surface area contributed by atoms with Crippen LogP contribution >= 0.6 is 0 Å². The van der Waals surface area contributed by atoms with Gasteiger partial charge in [-0.3, -0.25) is 4.79 Å². The van der Waals surface area contributed by atoms with E-state index in [0.29, 0.717) is 0 Å². The third kappa shape index (κ3) is 1.87. The minimum absolute atomic E-state index is 0.00148. The zero-order chi connectivity index (χ0) is 13.4. The van der Waals surface area contributed by atoms with Gasteiger partial charge in [0.1, 0.15) is 22.9 Å². The lowest BCUT2D eigenvalue weighted by Crippen LogP contribution is -1.99. The van der Waals surface area contributed by atoms with E-state index in [-0.39, 0.29) is 28.4 Å². The Morgan fingerprint density at radius 3 is 2.63 bits per heavy atom. The van der Waals surface area contributed by atoms with Gasteiger partial charge in [-0.2, -0.15) is 0 Å². The van der Waals surface area contributed by atoms with Crippen LogP contribution in [0.5, 0.6) is 11.5 Å². The minimum atomic E-state index is -0.448. The van der Waals surface area contributed by atoms with E-state index in [1.807, 2.05) is 0 Å². The highest BCUT2D eigenvalue weighted by molar-refractivity contribution is 6.16. The molecule has 94 valence electrons. The first-order valence-corrected chi connectivity index (χ1v) is 5.67. The summed E-state index contributed by atoms with van der Waals surface area (Å²) in [5.41, 5.74) is 0.378. The first kappa shape index (κ1) is 11.5. The highest BCUT2D eigenvalue weighted by atomic mass is 19.1. The number of fused-ring (bicyclic) bond motifs is 1. The molecule has 0 unspecified atom stereocenters. The van der Waals surface area contributed by atoms with Gasteiger partial charge in [0.2, 0.25) is 5.78 Å². The van der Waals surface area contributed by atoms with E-state index in [1.54, 1.807) is 30.3 Å². The van der Waals surface area contributed by atoms with Crippen LogP contribution in [0.2, 0.25) is 0 Å². The van der Waals surface area contributed by atoms with Gasteiger partial charge in [0.25, 0.3) is 0 Å². The molecule has 0 atom stereocenters. The number of allylic oxidation sites excluding steroid dienone is 1. The third-order valence-electron chi connectivity index (χ3n) is 2.87. The molecule has 0 saturated carbocycles. The molecule has 2 aromatic rings. The molecular formula is C15H9FO3. The molecule has 0 fully saturated rings. The fourth-order valence-corrected chi connectivity index (χ4v) is 1.95. The summed E-state index contributed by atoms with van der Waals surface area (Å²) in [7, 11) is 0. The zero-order valence-electron chi connectivity index (χ0n) is 9.76. The largest absolute Gasteiger partial charge is 0.507 e. The van der Waals surface area contributed by atoms with E-state index >= 15 is 0 Å². The van der Waals surface area contributed by atoms with Gasteiger partial charge in [0.05, 0.1) is 0 Å². The molecule has 19 heavy (non-hydrogen) atoms. The molecular weight excluding hydrogens is 247 g/mol. The van der Waals surface area contributed by atoms with E-state index in [9.17, 15) is 14.3 Å².